The van der Waals surface area contributed by atoms with E-state index in [0.29, 0.717) is 0 Å². The minimum atomic E-state index is 0.774. The van der Waals surface area contributed by atoms with Crippen LogP contribution in [0.15, 0.2) is 26.4 Å². The molecule has 4 nitrogen and oxygen atoms in total. The SMILES string of the molecule is Cc1nsc(Sc2cc(Br)ncn2)n1. The van der Waals surface area contributed by atoms with E-state index < -0.39 is 0 Å². The van der Waals surface area contributed by atoms with Crippen molar-refractivity contribution in [1.29, 1.82) is 0 Å². The highest BCUT2D eigenvalue weighted by molar-refractivity contribution is 9.10. The second kappa shape index (κ2) is 4.33. The van der Waals surface area contributed by atoms with E-state index in [-0.39, 0.29) is 0 Å². The third kappa shape index (κ3) is 2.49. The van der Waals surface area contributed by atoms with Crippen LogP contribution in [0, 0.1) is 6.92 Å². The third-order valence-electron chi connectivity index (χ3n) is 1.31. The van der Waals surface area contributed by atoms with Crippen molar-refractivity contribution in [1.82, 2.24) is 19.3 Å². The monoisotopic (exact) mass is 288 g/mol. The summed E-state index contributed by atoms with van der Waals surface area (Å²) in [7, 11) is 0. The zero-order valence-corrected chi connectivity index (χ0v) is 10.4. The highest BCUT2D eigenvalue weighted by Gasteiger charge is 2.04. The molecule has 0 saturated carbocycles. The number of halogens is 1. The molecule has 0 atom stereocenters. The van der Waals surface area contributed by atoms with Gasteiger partial charge in [0.2, 0.25) is 0 Å². The van der Waals surface area contributed by atoms with Gasteiger partial charge in [0.25, 0.3) is 0 Å². The summed E-state index contributed by atoms with van der Waals surface area (Å²) in [6.45, 7) is 1.87. The number of aromatic nitrogens is 4. The Labute approximate surface area is 97.5 Å². The van der Waals surface area contributed by atoms with Crippen LogP contribution in [0.25, 0.3) is 0 Å². The molecule has 0 spiro atoms. The summed E-state index contributed by atoms with van der Waals surface area (Å²) in [6, 6.07) is 1.85. The van der Waals surface area contributed by atoms with Gasteiger partial charge in [0.1, 0.15) is 21.8 Å². The molecule has 2 rings (SSSR count). The predicted octanol–water partition coefficient (Wildman–Crippen LogP) is 2.55. The summed E-state index contributed by atoms with van der Waals surface area (Å²) in [5.74, 6) is 0.797. The predicted molar refractivity (Wildman–Crippen MR) is 58.5 cm³/mol. The van der Waals surface area contributed by atoms with Crippen molar-refractivity contribution >= 4 is 39.2 Å². The van der Waals surface area contributed by atoms with E-state index in [9.17, 15) is 0 Å². The summed E-state index contributed by atoms with van der Waals surface area (Å²) < 4.78 is 5.76. The number of aryl methyl sites for hydroxylation is 1. The number of hydrogen-bond acceptors (Lipinski definition) is 6. The van der Waals surface area contributed by atoms with Crippen LogP contribution in [-0.4, -0.2) is 19.3 Å². The topological polar surface area (TPSA) is 51.6 Å². The minimum Gasteiger partial charge on any atom is -0.230 e. The Bertz CT molecular complexity index is 445. The number of hydrogen-bond donors (Lipinski definition) is 0. The van der Waals surface area contributed by atoms with E-state index in [2.05, 4.69) is 35.3 Å². The average molecular weight is 289 g/mol. The van der Waals surface area contributed by atoms with Crippen molar-refractivity contribution in [2.75, 3.05) is 0 Å². The molecule has 2 heterocycles. The maximum atomic E-state index is 4.23. The zero-order chi connectivity index (χ0) is 9.97. The van der Waals surface area contributed by atoms with Crippen LogP contribution in [0.1, 0.15) is 5.82 Å². The summed E-state index contributed by atoms with van der Waals surface area (Å²) in [6.07, 6.45) is 1.51. The molecular weight excluding hydrogens is 284 g/mol. The molecule has 2 aromatic heterocycles. The lowest BCUT2D eigenvalue weighted by atomic mass is 10.7. The van der Waals surface area contributed by atoms with Crippen LogP contribution >= 0.6 is 39.2 Å². The van der Waals surface area contributed by atoms with Gasteiger partial charge in [0.15, 0.2) is 4.34 Å². The molecule has 0 aliphatic heterocycles. The van der Waals surface area contributed by atoms with Gasteiger partial charge in [0, 0.05) is 6.07 Å². The van der Waals surface area contributed by atoms with Crippen molar-refractivity contribution in [2.24, 2.45) is 0 Å². The van der Waals surface area contributed by atoms with E-state index in [4.69, 9.17) is 0 Å². The Morgan fingerprint density at radius 1 is 1.43 bits per heavy atom. The lowest BCUT2D eigenvalue weighted by Crippen LogP contribution is -1.82. The van der Waals surface area contributed by atoms with Crippen molar-refractivity contribution in [3.8, 4) is 0 Å². The van der Waals surface area contributed by atoms with E-state index in [1.165, 1.54) is 29.6 Å². The summed E-state index contributed by atoms with van der Waals surface area (Å²) in [4.78, 5) is 12.3. The molecule has 0 aliphatic rings. The Kier molecular flexibility index (Phi) is 3.09. The normalized spacial score (nSPS) is 10.4. The van der Waals surface area contributed by atoms with E-state index in [0.717, 1.165) is 19.8 Å². The quantitative estimate of drug-likeness (QED) is 0.795. The van der Waals surface area contributed by atoms with Gasteiger partial charge in [-0.1, -0.05) is 0 Å². The molecule has 0 bridgehead atoms. The fraction of sp³-hybridized carbons (Fsp3) is 0.143. The largest absolute Gasteiger partial charge is 0.230 e. The summed E-state index contributed by atoms with van der Waals surface area (Å²) in [5.41, 5.74) is 0. The molecule has 14 heavy (non-hydrogen) atoms. The van der Waals surface area contributed by atoms with Crippen LogP contribution in [0.5, 0.6) is 0 Å². The standard InChI is InChI=1S/C7H5BrN4S2/c1-4-11-7(14-12-4)13-6-2-5(8)9-3-10-6/h2-3H,1H3. The van der Waals surface area contributed by atoms with Crippen LogP contribution < -0.4 is 0 Å². The molecule has 0 aromatic carbocycles. The first-order valence-electron chi connectivity index (χ1n) is 3.70. The molecule has 0 radical (unpaired) electrons. The van der Waals surface area contributed by atoms with Gasteiger partial charge < -0.3 is 0 Å². The first kappa shape index (κ1) is 10.0. The van der Waals surface area contributed by atoms with Gasteiger partial charge in [-0.15, -0.1) is 0 Å². The smallest absolute Gasteiger partial charge is 0.176 e. The Balaban J connectivity index is 2.18. The molecule has 0 fully saturated rings. The van der Waals surface area contributed by atoms with Gasteiger partial charge in [-0.3, -0.25) is 0 Å². The Morgan fingerprint density at radius 2 is 2.29 bits per heavy atom. The van der Waals surface area contributed by atoms with E-state index in [1.54, 1.807) is 0 Å². The fourth-order valence-electron chi connectivity index (χ4n) is 0.782. The molecule has 0 saturated heterocycles. The molecule has 0 unspecified atom stereocenters. The van der Waals surface area contributed by atoms with Crippen LogP contribution in [0.4, 0.5) is 0 Å². The Morgan fingerprint density at radius 3 is 2.93 bits per heavy atom. The van der Waals surface area contributed by atoms with Crippen LogP contribution in [-0.2, 0) is 0 Å². The van der Waals surface area contributed by atoms with Gasteiger partial charge in [-0.25, -0.2) is 15.0 Å². The first-order chi connectivity index (χ1) is 6.74. The van der Waals surface area contributed by atoms with E-state index >= 15 is 0 Å². The van der Waals surface area contributed by atoms with Gasteiger partial charge in [0.05, 0.1) is 0 Å². The van der Waals surface area contributed by atoms with Crippen molar-refractivity contribution in [3.05, 3.63) is 22.8 Å². The van der Waals surface area contributed by atoms with Gasteiger partial charge in [-0.2, -0.15) is 4.37 Å². The van der Waals surface area contributed by atoms with Crippen molar-refractivity contribution in [3.63, 3.8) is 0 Å². The number of rotatable bonds is 2. The maximum Gasteiger partial charge on any atom is 0.176 e. The lowest BCUT2D eigenvalue weighted by molar-refractivity contribution is 1.02. The number of nitrogens with zero attached hydrogens (tertiary/aromatic N) is 4. The summed E-state index contributed by atoms with van der Waals surface area (Å²) in [5, 5.41) is 0.864. The van der Waals surface area contributed by atoms with Crippen LogP contribution in [0.3, 0.4) is 0 Å². The molecule has 0 N–H and O–H groups in total. The third-order valence-corrected chi connectivity index (χ3v) is 3.52. The molecule has 0 aliphatic carbocycles. The van der Waals surface area contributed by atoms with Crippen LogP contribution in [0.2, 0.25) is 0 Å². The summed E-state index contributed by atoms with van der Waals surface area (Å²) >= 11 is 6.15. The average Bonchev–Trinajstić information content (AvgIpc) is 2.51. The van der Waals surface area contributed by atoms with Crippen molar-refractivity contribution < 1.29 is 0 Å². The fourth-order valence-corrected chi connectivity index (χ4v) is 2.81. The van der Waals surface area contributed by atoms with E-state index in [1.807, 2.05) is 13.0 Å². The molecule has 7 heteroatoms. The highest BCUT2D eigenvalue weighted by Crippen LogP contribution is 2.27. The molecular formula is C7H5BrN4S2. The maximum absolute atomic E-state index is 4.23. The molecule has 0 amide bonds. The second-order valence-electron chi connectivity index (χ2n) is 2.39. The first-order valence-corrected chi connectivity index (χ1v) is 6.08. The highest BCUT2D eigenvalue weighted by atomic mass is 79.9. The second-order valence-corrected chi connectivity index (χ2v) is 5.22. The van der Waals surface area contributed by atoms with Crippen molar-refractivity contribution in [2.45, 2.75) is 16.3 Å². The Hall–Kier alpha value is -0.530. The lowest BCUT2D eigenvalue weighted by Gasteiger charge is -1.94. The zero-order valence-electron chi connectivity index (χ0n) is 7.14. The molecule has 2 aromatic rings. The molecule has 72 valence electrons. The van der Waals surface area contributed by atoms with Gasteiger partial charge in [-0.05, 0) is 46.1 Å². The minimum absolute atomic E-state index is 0.774. The van der Waals surface area contributed by atoms with Gasteiger partial charge >= 0.3 is 0 Å².